The van der Waals surface area contributed by atoms with E-state index in [2.05, 4.69) is 22.3 Å². The largest absolute Gasteiger partial charge is 0.326 e. The molecule has 2 unspecified atom stereocenters. The van der Waals surface area contributed by atoms with Gasteiger partial charge in [-0.1, -0.05) is 6.92 Å². The number of nitrogens with zero attached hydrogens (tertiary/aromatic N) is 2. The lowest BCUT2D eigenvalue weighted by molar-refractivity contribution is -0.0162. The molecule has 0 aliphatic carbocycles. The van der Waals surface area contributed by atoms with E-state index in [0.717, 1.165) is 39.3 Å². The van der Waals surface area contributed by atoms with Crippen molar-refractivity contribution in [2.75, 3.05) is 39.3 Å². The van der Waals surface area contributed by atoms with Gasteiger partial charge in [-0.3, -0.25) is 0 Å². The second kappa shape index (κ2) is 3.92. The van der Waals surface area contributed by atoms with Crippen LogP contribution in [0.15, 0.2) is 0 Å². The molecule has 0 spiro atoms. The Balaban J connectivity index is 1.87. The highest BCUT2D eigenvalue weighted by Gasteiger charge is 2.30. The van der Waals surface area contributed by atoms with Crippen LogP contribution < -0.4 is 11.1 Å². The molecule has 3 N–H and O–H groups in total. The van der Waals surface area contributed by atoms with Gasteiger partial charge in [0.2, 0.25) is 0 Å². The van der Waals surface area contributed by atoms with Crippen molar-refractivity contribution in [3.05, 3.63) is 0 Å². The maximum Gasteiger partial charge on any atom is 0.0288 e. The minimum absolute atomic E-state index is 0.370. The molecule has 0 aromatic heterocycles. The average Bonchev–Trinajstić information content (AvgIpc) is 2.49. The van der Waals surface area contributed by atoms with Crippen LogP contribution in [-0.4, -0.2) is 55.3 Å². The summed E-state index contributed by atoms with van der Waals surface area (Å²) in [6.07, 6.45) is 0. The van der Waals surface area contributed by atoms with E-state index in [0.29, 0.717) is 12.0 Å². The lowest BCUT2D eigenvalue weighted by Crippen LogP contribution is -2.52. The standard InChI is InChI=1S/C9H20N4/c1-8-6-13(7-9(8)10)12-4-2-11-3-5-12/h8-9,11H,2-7,10H2,1H3. The minimum atomic E-state index is 0.370. The monoisotopic (exact) mass is 184 g/mol. The third-order valence-corrected chi connectivity index (χ3v) is 3.14. The van der Waals surface area contributed by atoms with Crippen molar-refractivity contribution in [2.24, 2.45) is 11.7 Å². The van der Waals surface area contributed by atoms with E-state index in [4.69, 9.17) is 5.73 Å². The summed E-state index contributed by atoms with van der Waals surface area (Å²) in [5.41, 5.74) is 5.99. The Morgan fingerprint density at radius 1 is 1.15 bits per heavy atom. The quantitative estimate of drug-likeness (QED) is 0.553. The Labute approximate surface area is 80.0 Å². The number of nitrogens with one attached hydrogen (secondary N) is 1. The Kier molecular flexibility index (Phi) is 2.83. The summed E-state index contributed by atoms with van der Waals surface area (Å²) in [5, 5.41) is 8.23. The van der Waals surface area contributed by atoms with E-state index in [9.17, 15) is 0 Å². The molecular weight excluding hydrogens is 164 g/mol. The van der Waals surface area contributed by atoms with Crippen molar-refractivity contribution in [1.82, 2.24) is 15.3 Å². The Morgan fingerprint density at radius 2 is 1.85 bits per heavy atom. The average molecular weight is 184 g/mol. The fraction of sp³-hybridized carbons (Fsp3) is 1.00. The highest BCUT2D eigenvalue weighted by molar-refractivity contribution is 4.83. The van der Waals surface area contributed by atoms with E-state index >= 15 is 0 Å². The van der Waals surface area contributed by atoms with Crippen molar-refractivity contribution in [3.63, 3.8) is 0 Å². The van der Waals surface area contributed by atoms with Crippen LogP contribution in [0.5, 0.6) is 0 Å². The third-order valence-electron chi connectivity index (χ3n) is 3.14. The smallest absolute Gasteiger partial charge is 0.0288 e. The van der Waals surface area contributed by atoms with Crippen LogP contribution in [0, 0.1) is 5.92 Å². The number of piperazine rings is 1. The molecule has 13 heavy (non-hydrogen) atoms. The molecular formula is C9H20N4. The molecule has 2 rings (SSSR count). The predicted octanol–water partition coefficient (Wildman–Crippen LogP) is -0.914. The van der Waals surface area contributed by atoms with Crippen LogP contribution in [0.2, 0.25) is 0 Å². The molecule has 2 aliphatic heterocycles. The summed E-state index contributed by atoms with van der Waals surface area (Å²) in [7, 11) is 0. The Bertz CT molecular complexity index is 157. The number of rotatable bonds is 1. The minimum Gasteiger partial charge on any atom is -0.326 e. The van der Waals surface area contributed by atoms with Gasteiger partial charge in [0, 0.05) is 45.3 Å². The summed E-state index contributed by atoms with van der Waals surface area (Å²) in [6.45, 7) is 8.92. The first-order valence-corrected chi connectivity index (χ1v) is 5.23. The first kappa shape index (κ1) is 9.40. The molecule has 2 heterocycles. The molecule has 4 nitrogen and oxygen atoms in total. The topological polar surface area (TPSA) is 44.5 Å². The molecule has 4 heteroatoms. The second-order valence-electron chi connectivity index (χ2n) is 4.22. The van der Waals surface area contributed by atoms with Gasteiger partial charge in [-0.2, -0.15) is 0 Å². The maximum atomic E-state index is 5.99. The van der Waals surface area contributed by atoms with Crippen LogP contribution >= 0.6 is 0 Å². The van der Waals surface area contributed by atoms with Crippen molar-refractivity contribution < 1.29 is 0 Å². The van der Waals surface area contributed by atoms with Gasteiger partial charge in [0.1, 0.15) is 0 Å². The molecule has 0 bridgehead atoms. The summed E-state index contributed by atoms with van der Waals surface area (Å²) >= 11 is 0. The van der Waals surface area contributed by atoms with Gasteiger partial charge in [-0.15, -0.1) is 0 Å². The van der Waals surface area contributed by atoms with Crippen molar-refractivity contribution in [2.45, 2.75) is 13.0 Å². The SMILES string of the molecule is CC1CN(N2CCNCC2)CC1N. The molecule has 76 valence electrons. The van der Waals surface area contributed by atoms with Gasteiger partial charge in [0.25, 0.3) is 0 Å². The van der Waals surface area contributed by atoms with Gasteiger partial charge < -0.3 is 11.1 Å². The van der Waals surface area contributed by atoms with Crippen LogP contribution in [0.1, 0.15) is 6.92 Å². The molecule has 0 radical (unpaired) electrons. The fourth-order valence-corrected chi connectivity index (χ4v) is 2.13. The fourth-order valence-electron chi connectivity index (χ4n) is 2.13. The number of nitrogens with two attached hydrogens (primary N) is 1. The van der Waals surface area contributed by atoms with Gasteiger partial charge >= 0.3 is 0 Å². The predicted molar refractivity (Wildman–Crippen MR) is 53.2 cm³/mol. The molecule has 0 aromatic rings. The number of hydrogen-bond acceptors (Lipinski definition) is 4. The highest BCUT2D eigenvalue weighted by Crippen LogP contribution is 2.16. The summed E-state index contributed by atoms with van der Waals surface area (Å²) in [4.78, 5) is 0. The van der Waals surface area contributed by atoms with E-state index < -0.39 is 0 Å². The molecule has 0 aromatic carbocycles. The van der Waals surface area contributed by atoms with Gasteiger partial charge in [0.05, 0.1) is 0 Å². The zero-order valence-electron chi connectivity index (χ0n) is 8.37. The van der Waals surface area contributed by atoms with Gasteiger partial charge in [-0.25, -0.2) is 10.0 Å². The Morgan fingerprint density at radius 3 is 2.38 bits per heavy atom. The van der Waals surface area contributed by atoms with E-state index in [1.54, 1.807) is 0 Å². The van der Waals surface area contributed by atoms with Gasteiger partial charge in [0.15, 0.2) is 0 Å². The lowest BCUT2D eigenvalue weighted by Gasteiger charge is -2.35. The lowest BCUT2D eigenvalue weighted by atomic mass is 10.1. The van der Waals surface area contributed by atoms with E-state index in [1.807, 2.05) is 0 Å². The third kappa shape index (κ3) is 2.02. The van der Waals surface area contributed by atoms with E-state index in [-0.39, 0.29) is 0 Å². The molecule has 2 saturated heterocycles. The molecule has 0 amide bonds. The van der Waals surface area contributed by atoms with Crippen molar-refractivity contribution >= 4 is 0 Å². The normalized spacial score (nSPS) is 38.3. The van der Waals surface area contributed by atoms with Crippen molar-refractivity contribution in [3.8, 4) is 0 Å². The molecule has 2 aliphatic rings. The molecule has 2 atom stereocenters. The highest BCUT2D eigenvalue weighted by atomic mass is 15.6. The van der Waals surface area contributed by atoms with Crippen LogP contribution in [0.4, 0.5) is 0 Å². The summed E-state index contributed by atoms with van der Waals surface area (Å²) in [5.74, 6) is 0.648. The van der Waals surface area contributed by atoms with Crippen molar-refractivity contribution in [1.29, 1.82) is 0 Å². The zero-order valence-corrected chi connectivity index (χ0v) is 8.37. The van der Waals surface area contributed by atoms with Crippen LogP contribution in [0.3, 0.4) is 0 Å². The first-order chi connectivity index (χ1) is 6.27. The summed E-state index contributed by atoms with van der Waals surface area (Å²) in [6, 6.07) is 0.370. The zero-order chi connectivity index (χ0) is 9.26. The van der Waals surface area contributed by atoms with E-state index in [1.165, 1.54) is 0 Å². The van der Waals surface area contributed by atoms with Gasteiger partial charge in [-0.05, 0) is 5.92 Å². The van der Waals surface area contributed by atoms with Crippen LogP contribution in [-0.2, 0) is 0 Å². The van der Waals surface area contributed by atoms with Crippen LogP contribution in [0.25, 0.3) is 0 Å². The Hall–Kier alpha value is -0.160. The maximum absolute atomic E-state index is 5.99. The summed E-state index contributed by atoms with van der Waals surface area (Å²) < 4.78 is 0. The molecule has 2 fully saturated rings. The number of hydrazine groups is 1. The number of hydrogen-bond donors (Lipinski definition) is 2. The molecule has 0 saturated carbocycles. The first-order valence-electron chi connectivity index (χ1n) is 5.23. The second-order valence-corrected chi connectivity index (χ2v) is 4.22.